The number of hydrogen-bond donors (Lipinski definition) is 3. The molecule has 0 aromatic heterocycles. The smallest absolute Gasteiger partial charge is 0.226 e. The van der Waals surface area contributed by atoms with E-state index in [-0.39, 0.29) is 23.8 Å². The van der Waals surface area contributed by atoms with Crippen molar-refractivity contribution in [3.63, 3.8) is 0 Å². The summed E-state index contributed by atoms with van der Waals surface area (Å²) >= 11 is 0. The molecular formula is C25H39N5O2. The van der Waals surface area contributed by atoms with Gasteiger partial charge in [0.1, 0.15) is 0 Å². The van der Waals surface area contributed by atoms with Crippen LogP contribution in [0.3, 0.4) is 0 Å². The van der Waals surface area contributed by atoms with Gasteiger partial charge in [0.2, 0.25) is 11.8 Å². The highest BCUT2D eigenvalue weighted by Crippen LogP contribution is 2.26. The Bertz CT molecular complexity index is 784. The molecule has 0 spiro atoms. The van der Waals surface area contributed by atoms with Crippen LogP contribution in [0.2, 0.25) is 0 Å². The summed E-state index contributed by atoms with van der Waals surface area (Å²) in [5.41, 5.74) is 1.88. The van der Waals surface area contributed by atoms with E-state index >= 15 is 0 Å². The molecular weight excluding hydrogens is 402 g/mol. The lowest BCUT2D eigenvalue weighted by molar-refractivity contribution is -0.135. The second kappa shape index (κ2) is 11.9. The minimum atomic E-state index is -0.0440. The third-order valence-electron chi connectivity index (χ3n) is 6.30. The fourth-order valence-electron chi connectivity index (χ4n) is 4.35. The van der Waals surface area contributed by atoms with E-state index in [0.29, 0.717) is 12.5 Å². The highest BCUT2D eigenvalue weighted by atomic mass is 16.2. The molecule has 3 N–H and O–H groups in total. The van der Waals surface area contributed by atoms with Gasteiger partial charge >= 0.3 is 0 Å². The van der Waals surface area contributed by atoms with E-state index in [1.165, 1.54) is 19.3 Å². The van der Waals surface area contributed by atoms with Crippen LogP contribution in [-0.4, -0.2) is 48.3 Å². The van der Waals surface area contributed by atoms with Gasteiger partial charge in [0.25, 0.3) is 0 Å². The maximum absolute atomic E-state index is 12.8. The molecule has 1 saturated heterocycles. The third kappa shape index (κ3) is 6.97. The Hall–Kier alpha value is -2.57. The Morgan fingerprint density at radius 1 is 1.09 bits per heavy atom. The molecule has 0 radical (unpaired) electrons. The van der Waals surface area contributed by atoms with E-state index in [1.54, 1.807) is 0 Å². The Morgan fingerprint density at radius 2 is 1.81 bits per heavy atom. The average molecular weight is 442 g/mol. The molecule has 7 nitrogen and oxygen atoms in total. The predicted molar refractivity (Wildman–Crippen MR) is 129 cm³/mol. The van der Waals surface area contributed by atoms with Crippen LogP contribution in [0.15, 0.2) is 29.3 Å². The minimum absolute atomic E-state index is 0.0157. The van der Waals surface area contributed by atoms with Crippen LogP contribution in [0.5, 0.6) is 0 Å². The fourth-order valence-corrected chi connectivity index (χ4v) is 4.35. The van der Waals surface area contributed by atoms with Crippen LogP contribution in [0.25, 0.3) is 0 Å². The molecule has 1 saturated carbocycles. The van der Waals surface area contributed by atoms with Crippen molar-refractivity contribution >= 4 is 23.5 Å². The molecule has 7 heteroatoms. The minimum Gasteiger partial charge on any atom is -0.357 e. The van der Waals surface area contributed by atoms with Gasteiger partial charge in [-0.2, -0.15) is 0 Å². The normalized spacial score (nSPS) is 19.8. The molecule has 32 heavy (non-hydrogen) atoms. The van der Waals surface area contributed by atoms with Crippen LogP contribution in [0, 0.1) is 11.8 Å². The maximum atomic E-state index is 12.8. The molecule has 1 aromatic rings. The number of carbonyl (C=O) groups excluding carboxylic acids is 2. The molecule has 2 amide bonds. The number of rotatable bonds is 7. The number of anilines is 1. The molecule has 2 aliphatic rings. The first-order valence-corrected chi connectivity index (χ1v) is 12.2. The van der Waals surface area contributed by atoms with Gasteiger partial charge in [-0.25, -0.2) is 4.99 Å². The zero-order chi connectivity index (χ0) is 22.9. The monoisotopic (exact) mass is 441 g/mol. The lowest BCUT2D eigenvalue weighted by Gasteiger charge is -2.26. The van der Waals surface area contributed by atoms with E-state index in [0.717, 1.165) is 56.1 Å². The highest BCUT2D eigenvalue weighted by Gasteiger charge is 2.31. The number of nitrogens with zero attached hydrogens (tertiary/aromatic N) is 2. The van der Waals surface area contributed by atoms with Crippen molar-refractivity contribution in [2.24, 2.45) is 16.8 Å². The zero-order valence-corrected chi connectivity index (χ0v) is 19.8. The largest absolute Gasteiger partial charge is 0.357 e. The van der Waals surface area contributed by atoms with Crippen LogP contribution in [0.4, 0.5) is 5.69 Å². The van der Waals surface area contributed by atoms with Crippen molar-refractivity contribution in [3.05, 3.63) is 29.8 Å². The zero-order valence-electron chi connectivity index (χ0n) is 19.8. The standard InChI is InChI=1S/C25H39N5O2/c1-4-26-25(27-16-19-10-12-21(13-11-19)28-23(31)18(2)3)29-22-14-15-30(17-22)24(32)20-8-6-5-7-9-20/h10-13,18,20,22H,4-9,14-17H2,1-3H3,(H,28,31)(H2,26,27,29). The summed E-state index contributed by atoms with van der Waals surface area (Å²) in [4.78, 5) is 31.4. The van der Waals surface area contributed by atoms with Crippen molar-refractivity contribution in [2.45, 2.75) is 71.9 Å². The molecule has 2 fully saturated rings. The summed E-state index contributed by atoms with van der Waals surface area (Å²) in [6.07, 6.45) is 6.70. The number of aliphatic imine (C=N–C) groups is 1. The lowest BCUT2D eigenvalue weighted by atomic mass is 9.88. The van der Waals surface area contributed by atoms with Gasteiger partial charge in [-0.3, -0.25) is 9.59 Å². The van der Waals surface area contributed by atoms with E-state index in [4.69, 9.17) is 4.99 Å². The van der Waals surface area contributed by atoms with E-state index in [2.05, 4.69) is 22.9 Å². The van der Waals surface area contributed by atoms with Crippen molar-refractivity contribution in [1.29, 1.82) is 0 Å². The molecule has 1 atom stereocenters. The number of likely N-dealkylation sites (tertiary alicyclic amines) is 1. The second-order valence-electron chi connectivity index (χ2n) is 9.29. The SMILES string of the molecule is CCNC(=NCc1ccc(NC(=O)C(C)C)cc1)NC1CCN(C(=O)C2CCCCC2)C1. The number of benzene rings is 1. The summed E-state index contributed by atoms with van der Waals surface area (Å²) in [5, 5.41) is 9.74. The second-order valence-corrected chi connectivity index (χ2v) is 9.29. The van der Waals surface area contributed by atoms with E-state index < -0.39 is 0 Å². The van der Waals surface area contributed by atoms with Gasteiger partial charge in [0.15, 0.2) is 5.96 Å². The van der Waals surface area contributed by atoms with Gasteiger partial charge in [-0.15, -0.1) is 0 Å². The average Bonchev–Trinajstić information content (AvgIpc) is 3.27. The lowest BCUT2D eigenvalue weighted by Crippen LogP contribution is -2.45. The third-order valence-corrected chi connectivity index (χ3v) is 6.30. The Balaban J connectivity index is 1.51. The first kappa shape index (κ1) is 24.1. The highest BCUT2D eigenvalue weighted by molar-refractivity contribution is 5.92. The predicted octanol–water partition coefficient (Wildman–Crippen LogP) is 3.52. The van der Waals surface area contributed by atoms with Gasteiger partial charge in [-0.1, -0.05) is 45.2 Å². The molecule has 1 aliphatic heterocycles. The summed E-state index contributed by atoms with van der Waals surface area (Å²) in [6, 6.07) is 8.04. The summed E-state index contributed by atoms with van der Waals surface area (Å²) in [5.74, 6) is 1.33. The van der Waals surface area contributed by atoms with Gasteiger partial charge < -0.3 is 20.9 Å². The number of nitrogens with one attached hydrogen (secondary N) is 3. The van der Waals surface area contributed by atoms with Crippen molar-refractivity contribution < 1.29 is 9.59 Å². The van der Waals surface area contributed by atoms with Crippen LogP contribution >= 0.6 is 0 Å². The van der Waals surface area contributed by atoms with Crippen molar-refractivity contribution in [2.75, 3.05) is 25.0 Å². The maximum Gasteiger partial charge on any atom is 0.226 e. The summed E-state index contributed by atoms with van der Waals surface area (Å²) in [6.45, 7) is 8.72. The molecule has 1 heterocycles. The summed E-state index contributed by atoms with van der Waals surface area (Å²) in [7, 11) is 0. The first-order valence-electron chi connectivity index (χ1n) is 12.2. The van der Waals surface area contributed by atoms with Crippen LogP contribution in [-0.2, 0) is 16.1 Å². The Labute approximate surface area is 192 Å². The first-order chi connectivity index (χ1) is 15.5. The van der Waals surface area contributed by atoms with Gasteiger partial charge in [-0.05, 0) is 43.9 Å². The molecule has 1 aromatic carbocycles. The molecule has 1 aliphatic carbocycles. The van der Waals surface area contributed by atoms with Gasteiger partial charge in [0, 0.05) is 43.2 Å². The van der Waals surface area contributed by atoms with E-state index in [9.17, 15) is 9.59 Å². The van der Waals surface area contributed by atoms with Crippen molar-refractivity contribution in [1.82, 2.24) is 15.5 Å². The Morgan fingerprint density at radius 3 is 2.47 bits per heavy atom. The molecule has 3 rings (SSSR count). The number of carbonyl (C=O) groups is 2. The number of amides is 2. The Kier molecular flexibility index (Phi) is 8.94. The number of guanidine groups is 1. The molecule has 176 valence electrons. The van der Waals surface area contributed by atoms with Gasteiger partial charge in [0.05, 0.1) is 6.54 Å². The quantitative estimate of drug-likeness (QED) is 0.446. The van der Waals surface area contributed by atoms with E-state index in [1.807, 2.05) is 43.0 Å². The summed E-state index contributed by atoms with van der Waals surface area (Å²) < 4.78 is 0. The van der Waals surface area contributed by atoms with Crippen molar-refractivity contribution in [3.8, 4) is 0 Å². The molecule has 1 unspecified atom stereocenters. The fraction of sp³-hybridized carbons (Fsp3) is 0.640. The molecule has 0 bridgehead atoms. The van der Waals surface area contributed by atoms with Crippen LogP contribution in [0.1, 0.15) is 64.9 Å². The van der Waals surface area contributed by atoms with Crippen LogP contribution < -0.4 is 16.0 Å². The number of hydrogen-bond acceptors (Lipinski definition) is 3. The topological polar surface area (TPSA) is 85.8 Å².